The maximum Gasteiger partial charge on any atom is 0.263 e. The van der Waals surface area contributed by atoms with Crippen LogP contribution in [0.4, 0.5) is 22.7 Å². The Morgan fingerprint density at radius 1 is 0.783 bits per heavy atom. The maximum absolute atomic E-state index is 12.7. The summed E-state index contributed by atoms with van der Waals surface area (Å²) < 4.78 is 11.9. The fourth-order valence-electron chi connectivity index (χ4n) is 5.81. The van der Waals surface area contributed by atoms with E-state index in [0.717, 1.165) is 9.99 Å². The number of amides is 1. The van der Waals surface area contributed by atoms with Crippen LogP contribution in [0.15, 0.2) is 116 Å². The number of nitrogen functional groups attached to an aromatic ring is 1. The second-order valence-electron chi connectivity index (χ2n) is 12.7. The number of fused-ring (bicyclic) bond motifs is 1. The molecule has 0 spiro atoms. The van der Waals surface area contributed by atoms with Crippen LogP contribution in [-0.4, -0.2) is 73.3 Å². The van der Waals surface area contributed by atoms with Gasteiger partial charge in [0.1, 0.15) is 28.5 Å². The zero-order chi connectivity index (χ0) is 42.1. The number of carbonyl (C=O) groups excluding carboxylic acids is 1. The summed E-state index contributed by atoms with van der Waals surface area (Å²) in [4.78, 5) is 58.2. The van der Waals surface area contributed by atoms with Crippen LogP contribution < -0.4 is 42.3 Å². The summed E-state index contributed by atoms with van der Waals surface area (Å²) in [5, 5.41) is 29.8. The van der Waals surface area contributed by atoms with Crippen molar-refractivity contribution >= 4 is 71.6 Å². The fraction of sp³-hybridized carbons (Fsp3) is 0.171. The number of H-pyrrole nitrogens is 3. The lowest BCUT2D eigenvalue weighted by molar-refractivity contribution is 0.102. The fourth-order valence-corrected chi connectivity index (χ4v) is 6.93. The Morgan fingerprint density at radius 2 is 1.35 bits per heavy atom. The third-order valence-corrected chi connectivity index (χ3v) is 10.1. The van der Waals surface area contributed by atoms with Gasteiger partial charge in [0.25, 0.3) is 17.0 Å². The largest absolute Gasteiger partial charge is 0.496 e. The van der Waals surface area contributed by atoms with Crippen molar-refractivity contribution in [2.24, 2.45) is 0 Å². The van der Waals surface area contributed by atoms with Crippen molar-refractivity contribution in [3.05, 3.63) is 144 Å². The smallest absolute Gasteiger partial charge is 0.263 e. The number of carbonyl (C=O) groups is 1. The standard InChI is InChI=1S/C20H20BrN5O4.C20H18BrN5O3.CH4/c1-30-17-3-2-11(8-12(17)21)16(27)10-25-14-5-7-24-19(28)18(14)20(29)26-15-9-23-6-4-13(15)22;1-29-17-3-2-11(8-12(17)21)16(27)10-24-14-5-7-23-20(28)18(14)19-25-13-4-6-22-9-15(13)26-19;/h2-9,16,27H,10H2,1H3,(H2,22,23)(H,26,29)(H2,24,25,28);2-9,16,27H,10H2,1H3,(H,25,26)(H2,23,24,28);1H4. The summed E-state index contributed by atoms with van der Waals surface area (Å²) in [6, 6.07) is 17.2. The van der Waals surface area contributed by atoms with E-state index in [1.165, 1.54) is 24.7 Å². The number of nitrogens with zero attached hydrogens (tertiary/aromatic N) is 3. The molecule has 2 unspecified atom stereocenters. The number of halogens is 2. The molecule has 0 saturated carbocycles. The zero-order valence-corrected chi connectivity index (χ0v) is 34.6. The van der Waals surface area contributed by atoms with Crippen molar-refractivity contribution in [3.63, 3.8) is 0 Å². The number of methoxy groups -OCH3 is 2. The van der Waals surface area contributed by atoms with E-state index in [1.54, 1.807) is 87.4 Å². The third-order valence-electron chi connectivity index (χ3n) is 8.86. The highest BCUT2D eigenvalue weighted by atomic mass is 79.9. The van der Waals surface area contributed by atoms with Crippen LogP contribution >= 0.6 is 31.9 Å². The Morgan fingerprint density at radius 3 is 1.93 bits per heavy atom. The number of aliphatic hydroxyl groups is 2. The molecule has 2 atom stereocenters. The molecule has 0 aliphatic carbocycles. The number of imidazole rings is 1. The lowest BCUT2D eigenvalue weighted by atomic mass is 10.1. The highest BCUT2D eigenvalue weighted by Crippen LogP contribution is 2.30. The van der Waals surface area contributed by atoms with E-state index < -0.39 is 23.7 Å². The first-order valence-corrected chi connectivity index (χ1v) is 19.3. The first kappa shape index (κ1) is 44.6. The molecule has 0 fully saturated rings. The van der Waals surface area contributed by atoms with E-state index >= 15 is 0 Å². The van der Waals surface area contributed by atoms with Crippen molar-refractivity contribution in [2.75, 3.05) is 49.0 Å². The van der Waals surface area contributed by atoms with Gasteiger partial charge in [0.15, 0.2) is 0 Å². The molecule has 0 aliphatic rings. The van der Waals surface area contributed by atoms with Gasteiger partial charge in [0.2, 0.25) is 0 Å². The Kier molecular flexibility index (Phi) is 15.2. The summed E-state index contributed by atoms with van der Waals surface area (Å²) in [7, 11) is 3.14. The second kappa shape index (κ2) is 20.4. The van der Waals surface area contributed by atoms with Crippen LogP contribution in [0.3, 0.4) is 0 Å². The highest BCUT2D eigenvalue weighted by molar-refractivity contribution is 9.11. The van der Waals surface area contributed by atoms with E-state index in [1.807, 2.05) is 0 Å². The van der Waals surface area contributed by atoms with Gasteiger partial charge in [-0.05, 0) is 91.5 Å². The Hall–Kier alpha value is -6.54. The maximum atomic E-state index is 12.7. The number of ether oxygens (including phenoxy) is 2. The van der Waals surface area contributed by atoms with Gasteiger partial charge in [-0.15, -0.1) is 0 Å². The number of aromatic nitrogens is 6. The van der Waals surface area contributed by atoms with E-state index in [0.29, 0.717) is 61.1 Å². The molecule has 0 saturated heterocycles. The van der Waals surface area contributed by atoms with Gasteiger partial charge >= 0.3 is 0 Å². The summed E-state index contributed by atoms with van der Waals surface area (Å²) in [6.07, 6.45) is 7.46. The van der Waals surface area contributed by atoms with Crippen molar-refractivity contribution in [1.29, 1.82) is 0 Å². The molecule has 0 radical (unpaired) electrons. The average Bonchev–Trinajstić information content (AvgIpc) is 3.66. The monoisotopic (exact) mass is 944 g/mol. The van der Waals surface area contributed by atoms with Gasteiger partial charge in [0.05, 0.1) is 81.5 Å². The number of pyridine rings is 4. The Balaban J connectivity index is 0.000000224. The van der Waals surface area contributed by atoms with Gasteiger partial charge in [-0.1, -0.05) is 19.6 Å². The van der Waals surface area contributed by atoms with Crippen LogP contribution in [0.5, 0.6) is 11.5 Å². The molecular weight excluding hydrogens is 904 g/mol. The van der Waals surface area contributed by atoms with Crippen molar-refractivity contribution < 1.29 is 24.5 Å². The number of aliphatic hydroxyl groups excluding tert-OH is 2. The topological polar surface area (TPSA) is 258 Å². The summed E-state index contributed by atoms with van der Waals surface area (Å²) in [6.45, 7) is 0.272. The quantitative estimate of drug-likeness (QED) is 0.0608. The van der Waals surface area contributed by atoms with Crippen molar-refractivity contribution in [3.8, 4) is 22.9 Å². The molecule has 5 heterocycles. The number of anilines is 4. The molecule has 0 aliphatic heterocycles. The lowest BCUT2D eigenvalue weighted by Crippen LogP contribution is -2.26. The van der Waals surface area contributed by atoms with E-state index in [2.05, 4.69) is 77.7 Å². The molecule has 0 bridgehead atoms. The van der Waals surface area contributed by atoms with Crippen LogP contribution in [0.2, 0.25) is 0 Å². The van der Waals surface area contributed by atoms with Gasteiger partial charge in [0, 0.05) is 37.9 Å². The molecule has 7 rings (SSSR count). The number of aromatic amines is 3. The molecule has 5 aromatic heterocycles. The molecule has 10 N–H and O–H groups in total. The number of nitrogens with one attached hydrogen (secondary N) is 6. The summed E-state index contributed by atoms with van der Waals surface area (Å²) in [5.41, 5.74) is 9.42. The van der Waals surface area contributed by atoms with E-state index in [4.69, 9.17) is 15.2 Å². The minimum atomic E-state index is -0.892. The number of hydrogen-bond donors (Lipinski definition) is 9. The van der Waals surface area contributed by atoms with Gasteiger partial charge in [-0.25, -0.2) is 4.98 Å². The zero-order valence-electron chi connectivity index (χ0n) is 31.4. The minimum Gasteiger partial charge on any atom is -0.496 e. The van der Waals surface area contributed by atoms with E-state index in [-0.39, 0.29) is 37.3 Å². The molecule has 1 amide bonds. The van der Waals surface area contributed by atoms with Gasteiger partial charge < -0.3 is 56.3 Å². The predicted molar refractivity (Wildman–Crippen MR) is 239 cm³/mol. The number of hydrogen-bond acceptors (Lipinski definition) is 13. The normalized spacial score (nSPS) is 11.6. The number of rotatable bonds is 13. The average molecular weight is 947 g/mol. The first-order chi connectivity index (χ1) is 28.5. The van der Waals surface area contributed by atoms with Gasteiger partial charge in [-0.2, -0.15) is 0 Å². The molecule has 312 valence electrons. The Labute approximate surface area is 360 Å². The Bertz CT molecular complexity index is 2670. The first-order valence-electron chi connectivity index (χ1n) is 17.7. The van der Waals surface area contributed by atoms with Crippen molar-refractivity contribution in [2.45, 2.75) is 19.6 Å². The minimum absolute atomic E-state index is 0. The van der Waals surface area contributed by atoms with Crippen LogP contribution in [0, 0.1) is 0 Å². The summed E-state index contributed by atoms with van der Waals surface area (Å²) >= 11 is 6.80. The van der Waals surface area contributed by atoms with Crippen LogP contribution in [0.25, 0.3) is 22.4 Å². The van der Waals surface area contributed by atoms with Crippen LogP contribution in [-0.2, 0) is 0 Å². The SMILES string of the molecule is C.COc1ccc(C(O)CNc2cc[nH]c(=O)c2-c2nc3ccncc3[nH]2)cc1Br.COc1ccc(C(O)CNc2cc[nH]c(=O)c2C(=O)Nc2cnccc2N)cc1Br. The predicted octanol–water partition coefficient (Wildman–Crippen LogP) is 6.39. The molecular formula is C41H42Br2N10O7. The number of nitrogens with two attached hydrogens (primary N) is 1. The molecule has 60 heavy (non-hydrogen) atoms. The second-order valence-corrected chi connectivity index (χ2v) is 14.4. The van der Waals surface area contributed by atoms with E-state index in [9.17, 15) is 24.6 Å². The molecule has 19 heteroatoms. The van der Waals surface area contributed by atoms with Gasteiger partial charge in [-0.3, -0.25) is 24.4 Å². The summed E-state index contributed by atoms with van der Waals surface area (Å²) in [5.74, 6) is 1.10. The highest BCUT2D eigenvalue weighted by Gasteiger charge is 2.20. The van der Waals surface area contributed by atoms with Crippen LogP contribution in [0.1, 0.15) is 41.1 Å². The lowest BCUT2D eigenvalue weighted by Gasteiger charge is -2.16. The third kappa shape index (κ3) is 10.5. The molecule has 2 aromatic carbocycles. The number of benzene rings is 2. The molecule has 17 nitrogen and oxygen atoms in total. The van der Waals surface area contributed by atoms with Crippen molar-refractivity contribution in [1.82, 2.24) is 29.9 Å². The molecule has 7 aromatic rings.